The fourth-order valence-corrected chi connectivity index (χ4v) is 2.36. The van der Waals surface area contributed by atoms with Gasteiger partial charge in [-0.05, 0) is 6.42 Å². The molecule has 1 unspecified atom stereocenters. The van der Waals surface area contributed by atoms with E-state index in [9.17, 15) is 19.1 Å². The Morgan fingerprint density at radius 3 is 2.79 bits per heavy atom. The monoisotopic (exact) mass is 276 g/mol. The molecular weight excluding hydrogens is 259 g/mol. The summed E-state index contributed by atoms with van der Waals surface area (Å²) in [6, 6.07) is -0.615. The van der Waals surface area contributed by atoms with Crippen LogP contribution in [0.5, 0.6) is 0 Å². The molecule has 0 spiro atoms. The van der Waals surface area contributed by atoms with Gasteiger partial charge in [0.1, 0.15) is 12.3 Å². The third-order valence-corrected chi connectivity index (χ3v) is 3.47. The van der Waals surface area contributed by atoms with E-state index < -0.39 is 43.0 Å². The third-order valence-electron chi connectivity index (χ3n) is 3.47. The van der Waals surface area contributed by atoms with E-state index in [1.54, 1.807) is 0 Å². The van der Waals surface area contributed by atoms with Gasteiger partial charge in [-0.25, -0.2) is 4.79 Å². The largest absolute Gasteiger partial charge is 0.394 e. The Balaban J connectivity index is 2.03. The summed E-state index contributed by atoms with van der Waals surface area (Å²) in [6.07, 6.45) is -2.11. The maximum absolute atomic E-state index is 12.3. The van der Waals surface area contributed by atoms with E-state index >= 15 is 0 Å². The number of hydrogen-bond donors (Lipinski definition) is 3. The van der Waals surface area contributed by atoms with Crippen LogP contribution in [0.1, 0.15) is 12.8 Å². The summed E-state index contributed by atoms with van der Waals surface area (Å²) in [5.74, 6) is -1.10. The molecule has 2 heterocycles. The van der Waals surface area contributed by atoms with Gasteiger partial charge in [-0.15, -0.1) is 0 Å². The fourth-order valence-electron chi connectivity index (χ4n) is 2.36. The number of halogens is 1. The first-order valence-electron chi connectivity index (χ1n) is 6.18. The molecule has 0 aliphatic carbocycles. The highest BCUT2D eigenvalue weighted by molar-refractivity contribution is 5.98. The van der Waals surface area contributed by atoms with Gasteiger partial charge < -0.3 is 14.9 Å². The molecule has 2 fully saturated rings. The molecule has 0 aromatic heterocycles. The molecule has 2 saturated heterocycles. The van der Waals surface area contributed by atoms with Crippen LogP contribution in [0, 0.1) is 5.92 Å². The van der Waals surface area contributed by atoms with Gasteiger partial charge in [-0.1, -0.05) is 0 Å². The number of rotatable bonds is 4. The molecule has 2 aliphatic heterocycles. The Labute approximate surface area is 109 Å². The molecule has 108 valence electrons. The second-order valence-electron chi connectivity index (χ2n) is 4.74. The third kappa shape index (κ3) is 2.85. The lowest BCUT2D eigenvalue weighted by atomic mass is 10.0. The molecular formula is C11H17FN2O5. The van der Waals surface area contributed by atoms with Gasteiger partial charge in [0.2, 0.25) is 5.91 Å². The van der Waals surface area contributed by atoms with Crippen molar-refractivity contribution in [3.8, 4) is 0 Å². The number of carbonyl (C=O) groups is 2. The van der Waals surface area contributed by atoms with Gasteiger partial charge in [0.05, 0.1) is 25.3 Å². The van der Waals surface area contributed by atoms with Crippen molar-refractivity contribution in [1.82, 2.24) is 10.2 Å². The van der Waals surface area contributed by atoms with Crippen LogP contribution in [0.2, 0.25) is 0 Å². The van der Waals surface area contributed by atoms with Crippen molar-refractivity contribution in [2.75, 3.05) is 19.8 Å². The van der Waals surface area contributed by atoms with E-state index in [1.165, 1.54) is 4.90 Å². The summed E-state index contributed by atoms with van der Waals surface area (Å²) >= 11 is 0. The minimum Gasteiger partial charge on any atom is -0.394 e. The molecule has 7 nitrogen and oxygen atoms in total. The first-order valence-corrected chi connectivity index (χ1v) is 6.18. The standard InChI is InChI=1S/C11H17FN2O5/c12-2-1-6-4-14(11(18)13-10(6)17)9-3-7(16)8(5-15)19-9/h6-9,15-16H,1-5H2,(H,13,17,18)/t6?,7-,8+,9+/m0/s1. The smallest absolute Gasteiger partial charge is 0.326 e. The molecule has 3 amide bonds. The summed E-state index contributed by atoms with van der Waals surface area (Å²) in [7, 11) is 0. The van der Waals surface area contributed by atoms with Gasteiger partial charge >= 0.3 is 6.03 Å². The molecule has 0 bridgehead atoms. The van der Waals surface area contributed by atoms with Crippen LogP contribution in [0.4, 0.5) is 9.18 Å². The minimum absolute atomic E-state index is 0.0360. The van der Waals surface area contributed by atoms with Crippen LogP contribution < -0.4 is 5.32 Å². The molecule has 2 aliphatic rings. The topological polar surface area (TPSA) is 99.1 Å². The Bertz CT molecular complexity index is 367. The van der Waals surface area contributed by atoms with Crippen molar-refractivity contribution in [3.05, 3.63) is 0 Å². The van der Waals surface area contributed by atoms with Gasteiger partial charge in [0.25, 0.3) is 0 Å². The lowest BCUT2D eigenvalue weighted by Crippen LogP contribution is -2.57. The summed E-state index contributed by atoms with van der Waals surface area (Å²) in [4.78, 5) is 24.5. The highest BCUT2D eigenvalue weighted by Gasteiger charge is 2.42. The summed E-state index contributed by atoms with van der Waals surface area (Å²) < 4.78 is 17.7. The second-order valence-corrected chi connectivity index (χ2v) is 4.74. The van der Waals surface area contributed by atoms with Crippen LogP contribution in [-0.2, 0) is 9.53 Å². The molecule has 8 heteroatoms. The number of alkyl halides is 1. The number of amides is 3. The van der Waals surface area contributed by atoms with Crippen LogP contribution in [-0.4, -0.2) is 65.3 Å². The normalized spacial score (nSPS) is 35.6. The number of urea groups is 1. The average Bonchev–Trinajstić information content (AvgIpc) is 2.74. The predicted molar refractivity (Wildman–Crippen MR) is 60.7 cm³/mol. The highest BCUT2D eigenvalue weighted by atomic mass is 19.1. The zero-order chi connectivity index (χ0) is 14.0. The number of nitrogens with zero attached hydrogens (tertiary/aromatic N) is 1. The number of ether oxygens (including phenoxy) is 1. The number of nitrogens with one attached hydrogen (secondary N) is 1. The van der Waals surface area contributed by atoms with E-state index in [2.05, 4.69) is 5.32 Å². The van der Waals surface area contributed by atoms with Crippen molar-refractivity contribution in [2.45, 2.75) is 31.3 Å². The van der Waals surface area contributed by atoms with E-state index in [4.69, 9.17) is 9.84 Å². The van der Waals surface area contributed by atoms with E-state index in [0.717, 1.165) is 0 Å². The molecule has 4 atom stereocenters. The van der Waals surface area contributed by atoms with Crippen LogP contribution in [0.25, 0.3) is 0 Å². The predicted octanol–water partition coefficient (Wildman–Crippen LogP) is -1.02. The number of imide groups is 1. The molecule has 3 N–H and O–H groups in total. The Hall–Kier alpha value is -1.25. The van der Waals surface area contributed by atoms with Crippen molar-refractivity contribution in [2.24, 2.45) is 5.92 Å². The van der Waals surface area contributed by atoms with Gasteiger partial charge in [-0.2, -0.15) is 0 Å². The van der Waals surface area contributed by atoms with Crippen molar-refractivity contribution in [1.29, 1.82) is 0 Å². The number of carbonyl (C=O) groups excluding carboxylic acids is 2. The van der Waals surface area contributed by atoms with Crippen LogP contribution in [0.15, 0.2) is 0 Å². The lowest BCUT2D eigenvalue weighted by molar-refractivity contribution is -0.129. The van der Waals surface area contributed by atoms with Crippen molar-refractivity contribution < 1.29 is 28.9 Å². The Morgan fingerprint density at radius 1 is 1.47 bits per heavy atom. The lowest BCUT2D eigenvalue weighted by Gasteiger charge is -2.35. The first-order chi connectivity index (χ1) is 9.06. The Morgan fingerprint density at radius 2 is 2.21 bits per heavy atom. The minimum atomic E-state index is -0.861. The quantitative estimate of drug-likeness (QED) is 0.610. The zero-order valence-electron chi connectivity index (χ0n) is 10.3. The molecule has 19 heavy (non-hydrogen) atoms. The van der Waals surface area contributed by atoms with E-state index in [0.29, 0.717) is 0 Å². The average molecular weight is 276 g/mol. The summed E-state index contributed by atoms with van der Waals surface area (Å²) in [5.41, 5.74) is 0. The summed E-state index contributed by atoms with van der Waals surface area (Å²) in [5, 5.41) is 20.8. The summed E-state index contributed by atoms with van der Waals surface area (Å²) in [6.45, 7) is -0.933. The SMILES string of the molecule is O=C1NC(=O)N([C@H]2C[C@H](O)[C@@H](CO)O2)CC1CCF. The zero-order valence-corrected chi connectivity index (χ0v) is 10.3. The second kappa shape index (κ2) is 5.81. The maximum atomic E-state index is 12.3. The molecule has 2 rings (SSSR count). The number of hydrogen-bond acceptors (Lipinski definition) is 5. The van der Waals surface area contributed by atoms with Gasteiger partial charge in [-0.3, -0.25) is 19.4 Å². The highest BCUT2D eigenvalue weighted by Crippen LogP contribution is 2.26. The van der Waals surface area contributed by atoms with Gasteiger partial charge in [0, 0.05) is 13.0 Å². The molecule has 0 saturated carbocycles. The van der Waals surface area contributed by atoms with Gasteiger partial charge in [0.15, 0.2) is 0 Å². The van der Waals surface area contributed by atoms with Crippen LogP contribution in [0.3, 0.4) is 0 Å². The molecule has 0 radical (unpaired) electrons. The van der Waals surface area contributed by atoms with Crippen molar-refractivity contribution >= 4 is 11.9 Å². The van der Waals surface area contributed by atoms with Crippen LogP contribution >= 0.6 is 0 Å². The maximum Gasteiger partial charge on any atom is 0.326 e. The molecule has 0 aromatic carbocycles. The number of aliphatic hydroxyl groups is 2. The van der Waals surface area contributed by atoms with Crippen molar-refractivity contribution in [3.63, 3.8) is 0 Å². The van der Waals surface area contributed by atoms with E-state index in [1.807, 2.05) is 0 Å². The number of aliphatic hydroxyl groups excluding tert-OH is 2. The fraction of sp³-hybridized carbons (Fsp3) is 0.818. The Kier molecular flexibility index (Phi) is 4.33. The molecule has 0 aromatic rings. The van der Waals surface area contributed by atoms with E-state index in [-0.39, 0.29) is 26.0 Å². The first kappa shape index (κ1) is 14.2.